The highest BCUT2D eigenvalue weighted by molar-refractivity contribution is 5.89. The summed E-state index contributed by atoms with van der Waals surface area (Å²) >= 11 is 0. The zero-order chi connectivity index (χ0) is 18.8. The van der Waals surface area contributed by atoms with Crippen molar-refractivity contribution in [2.75, 3.05) is 6.54 Å². The van der Waals surface area contributed by atoms with E-state index in [0.717, 1.165) is 29.8 Å². The van der Waals surface area contributed by atoms with Crippen LogP contribution in [0.25, 0.3) is 0 Å². The number of aryl methyl sites for hydroxylation is 1. The Bertz CT molecular complexity index is 832. The van der Waals surface area contributed by atoms with Crippen LogP contribution in [0.15, 0.2) is 48.5 Å². The minimum absolute atomic E-state index is 0.0543. The van der Waals surface area contributed by atoms with E-state index in [0.29, 0.717) is 32.1 Å². The highest BCUT2D eigenvalue weighted by Gasteiger charge is 2.42. The third kappa shape index (κ3) is 4.18. The molecule has 0 spiro atoms. The number of rotatable bonds is 6. The number of amides is 2. The molecule has 1 atom stereocenters. The van der Waals surface area contributed by atoms with E-state index in [2.05, 4.69) is 4.98 Å². The number of aromatic nitrogens is 1. The summed E-state index contributed by atoms with van der Waals surface area (Å²) in [7, 11) is 0. The topological polar surface area (TPSA) is 53.5 Å². The van der Waals surface area contributed by atoms with Gasteiger partial charge in [-0.25, -0.2) is 0 Å². The summed E-state index contributed by atoms with van der Waals surface area (Å²) in [4.78, 5) is 33.9. The monoisotopic (exact) mass is 363 g/mol. The molecule has 1 saturated carbocycles. The Morgan fingerprint density at radius 2 is 1.89 bits per heavy atom. The fourth-order valence-electron chi connectivity index (χ4n) is 3.79. The van der Waals surface area contributed by atoms with Crippen molar-refractivity contribution in [3.63, 3.8) is 0 Å². The molecule has 1 saturated heterocycles. The van der Waals surface area contributed by atoms with Gasteiger partial charge < -0.3 is 9.80 Å². The van der Waals surface area contributed by atoms with Gasteiger partial charge >= 0.3 is 0 Å². The molecule has 2 aliphatic rings. The molecule has 0 bridgehead atoms. The summed E-state index contributed by atoms with van der Waals surface area (Å²) in [6, 6.07) is 16.2. The number of carbonyl (C=O) groups excluding carboxylic acids is 2. The van der Waals surface area contributed by atoms with Gasteiger partial charge in [-0.1, -0.05) is 36.4 Å². The van der Waals surface area contributed by atoms with Gasteiger partial charge in [0.2, 0.25) is 11.8 Å². The smallest absolute Gasteiger partial charge is 0.228 e. The Balaban J connectivity index is 1.53. The number of carbonyl (C=O) groups is 2. The molecule has 27 heavy (non-hydrogen) atoms. The van der Waals surface area contributed by atoms with Crippen LogP contribution in [0.1, 0.15) is 36.2 Å². The van der Waals surface area contributed by atoms with Gasteiger partial charge in [0.15, 0.2) is 0 Å². The van der Waals surface area contributed by atoms with Crippen LogP contribution in [0.2, 0.25) is 0 Å². The molecular weight excluding hydrogens is 338 g/mol. The quantitative estimate of drug-likeness (QED) is 0.793. The maximum absolute atomic E-state index is 13.3. The Hall–Kier alpha value is -2.69. The fraction of sp³-hybridized carbons (Fsp3) is 0.409. The van der Waals surface area contributed by atoms with Crippen molar-refractivity contribution < 1.29 is 9.59 Å². The van der Waals surface area contributed by atoms with Crippen LogP contribution in [0.4, 0.5) is 0 Å². The number of likely N-dealkylation sites (tertiary alicyclic amines) is 1. The normalized spacial score (nSPS) is 19.4. The van der Waals surface area contributed by atoms with E-state index in [-0.39, 0.29) is 17.7 Å². The molecule has 5 heteroatoms. The van der Waals surface area contributed by atoms with E-state index >= 15 is 0 Å². The first-order valence-electron chi connectivity index (χ1n) is 9.65. The second-order valence-corrected chi connectivity index (χ2v) is 7.63. The third-order valence-corrected chi connectivity index (χ3v) is 5.32. The molecule has 2 amide bonds. The summed E-state index contributed by atoms with van der Waals surface area (Å²) in [5.74, 6) is -0.0607. The molecule has 0 radical (unpaired) electrons. The number of benzene rings is 1. The zero-order valence-electron chi connectivity index (χ0n) is 15.7. The SMILES string of the molecule is Cc1cccc(CN(Cc2ccccc2)C(=O)[C@@H]2CC(=O)N(C3CC3)C2)n1. The number of hydrogen-bond acceptors (Lipinski definition) is 3. The molecule has 4 rings (SSSR count). The van der Waals surface area contributed by atoms with E-state index in [1.54, 1.807) is 0 Å². The van der Waals surface area contributed by atoms with E-state index in [1.807, 2.05) is 65.3 Å². The second-order valence-electron chi connectivity index (χ2n) is 7.63. The molecule has 0 N–H and O–H groups in total. The Kier molecular flexibility index (Phi) is 4.92. The van der Waals surface area contributed by atoms with Crippen molar-refractivity contribution in [1.82, 2.24) is 14.8 Å². The lowest BCUT2D eigenvalue weighted by atomic mass is 10.1. The lowest BCUT2D eigenvalue weighted by Gasteiger charge is -2.26. The van der Waals surface area contributed by atoms with E-state index in [1.165, 1.54) is 0 Å². The van der Waals surface area contributed by atoms with E-state index in [4.69, 9.17) is 0 Å². The van der Waals surface area contributed by atoms with Gasteiger partial charge in [-0.05, 0) is 37.5 Å². The van der Waals surface area contributed by atoms with Gasteiger partial charge in [-0.2, -0.15) is 0 Å². The average molecular weight is 363 g/mol. The number of nitrogens with zero attached hydrogens (tertiary/aromatic N) is 3. The number of hydrogen-bond donors (Lipinski definition) is 0. The molecule has 1 aromatic carbocycles. The van der Waals surface area contributed by atoms with Crippen molar-refractivity contribution in [2.24, 2.45) is 5.92 Å². The Morgan fingerprint density at radius 1 is 1.11 bits per heavy atom. The lowest BCUT2D eigenvalue weighted by Crippen LogP contribution is -2.37. The standard InChI is InChI=1S/C22H25N3O2/c1-16-6-5-9-19(23-16)15-24(13-17-7-3-2-4-8-17)22(27)18-12-21(26)25(14-18)20-10-11-20/h2-9,18,20H,10-15H2,1H3/t18-/m1/s1. The highest BCUT2D eigenvalue weighted by Crippen LogP contribution is 2.33. The van der Waals surface area contributed by atoms with Crippen LogP contribution in [0, 0.1) is 12.8 Å². The molecule has 0 unspecified atom stereocenters. The molecular formula is C22H25N3O2. The van der Waals surface area contributed by atoms with Gasteiger partial charge in [-0.3, -0.25) is 14.6 Å². The maximum atomic E-state index is 13.3. The minimum Gasteiger partial charge on any atom is -0.339 e. The molecule has 140 valence electrons. The van der Waals surface area contributed by atoms with Crippen LogP contribution >= 0.6 is 0 Å². The van der Waals surface area contributed by atoms with Crippen molar-refractivity contribution in [1.29, 1.82) is 0 Å². The van der Waals surface area contributed by atoms with Crippen LogP contribution in [-0.2, 0) is 22.7 Å². The predicted octanol–water partition coefficient (Wildman–Crippen LogP) is 2.93. The molecule has 2 heterocycles. The lowest BCUT2D eigenvalue weighted by molar-refractivity contribution is -0.137. The van der Waals surface area contributed by atoms with Crippen molar-refractivity contribution in [3.8, 4) is 0 Å². The summed E-state index contributed by atoms with van der Waals surface area (Å²) < 4.78 is 0. The van der Waals surface area contributed by atoms with E-state index < -0.39 is 0 Å². The largest absolute Gasteiger partial charge is 0.339 e. The van der Waals surface area contributed by atoms with Crippen LogP contribution in [-0.4, -0.2) is 39.2 Å². The first kappa shape index (κ1) is 17.7. The third-order valence-electron chi connectivity index (χ3n) is 5.32. The van der Waals surface area contributed by atoms with Gasteiger partial charge in [0, 0.05) is 31.2 Å². The molecule has 1 aliphatic heterocycles. The summed E-state index contributed by atoms with van der Waals surface area (Å²) in [5.41, 5.74) is 2.90. The minimum atomic E-state index is -0.244. The van der Waals surface area contributed by atoms with Crippen molar-refractivity contribution >= 4 is 11.8 Å². The number of pyridine rings is 1. The van der Waals surface area contributed by atoms with Gasteiger partial charge in [0.1, 0.15) is 0 Å². The molecule has 2 fully saturated rings. The maximum Gasteiger partial charge on any atom is 0.228 e. The first-order valence-corrected chi connectivity index (χ1v) is 9.65. The predicted molar refractivity (Wildman–Crippen MR) is 103 cm³/mol. The second kappa shape index (κ2) is 7.51. The van der Waals surface area contributed by atoms with Gasteiger partial charge in [0.25, 0.3) is 0 Å². The van der Waals surface area contributed by atoms with Crippen molar-refractivity contribution in [2.45, 2.75) is 45.3 Å². The Labute approximate surface area is 160 Å². The van der Waals surface area contributed by atoms with Crippen LogP contribution in [0.5, 0.6) is 0 Å². The molecule has 1 aromatic heterocycles. The van der Waals surface area contributed by atoms with E-state index in [9.17, 15) is 9.59 Å². The van der Waals surface area contributed by atoms with Crippen LogP contribution in [0.3, 0.4) is 0 Å². The summed E-state index contributed by atoms with van der Waals surface area (Å²) in [5, 5.41) is 0. The van der Waals surface area contributed by atoms with Gasteiger partial charge in [-0.15, -0.1) is 0 Å². The fourth-order valence-corrected chi connectivity index (χ4v) is 3.79. The first-order chi connectivity index (χ1) is 13.1. The molecule has 1 aliphatic carbocycles. The zero-order valence-corrected chi connectivity index (χ0v) is 15.7. The highest BCUT2D eigenvalue weighted by atomic mass is 16.2. The van der Waals surface area contributed by atoms with Crippen molar-refractivity contribution in [3.05, 3.63) is 65.5 Å². The molecule has 5 nitrogen and oxygen atoms in total. The average Bonchev–Trinajstić information content (AvgIpc) is 3.43. The van der Waals surface area contributed by atoms with Crippen LogP contribution < -0.4 is 0 Å². The van der Waals surface area contributed by atoms with Gasteiger partial charge in [0.05, 0.1) is 18.2 Å². The summed E-state index contributed by atoms with van der Waals surface area (Å²) in [6.07, 6.45) is 2.49. The Morgan fingerprint density at radius 3 is 2.59 bits per heavy atom. The summed E-state index contributed by atoms with van der Waals surface area (Å²) in [6.45, 7) is 3.51. The molecule has 2 aromatic rings.